The number of rotatable bonds is 4. The van der Waals surface area contributed by atoms with Crippen molar-refractivity contribution in [2.24, 2.45) is 23.7 Å². The molecule has 4 atom stereocenters. The molecule has 0 N–H and O–H groups in total. The van der Waals surface area contributed by atoms with Gasteiger partial charge in [-0.25, -0.2) is 4.79 Å². The molecule has 3 aliphatic rings. The molecule has 3 fully saturated rings. The van der Waals surface area contributed by atoms with E-state index in [1.807, 2.05) is 6.92 Å². The summed E-state index contributed by atoms with van der Waals surface area (Å²) in [5.74, 6) is 4.43. The maximum Gasteiger partial charge on any atom is 0.338 e. The van der Waals surface area contributed by atoms with E-state index in [9.17, 15) is 9.59 Å². The number of Topliss-reactive ketones (excluding diaryl/α,β-unsaturated/α-hetero) is 1. The molecule has 1 aromatic carbocycles. The highest BCUT2D eigenvalue weighted by Gasteiger charge is 2.48. The fourth-order valence-electron chi connectivity index (χ4n) is 5.07. The van der Waals surface area contributed by atoms with E-state index in [0.29, 0.717) is 17.7 Å². The summed E-state index contributed by atoms with van der Waals surface area (Å²) >= 11 is 0. The lowest BCUT2D eigenvalue weighted by atomic mass is 9.82. The van der Waals surface area contributed by atoms with E-state index in [0.717, 1.165) is 6.61 Å². The van der Waals surface area contributed by atoms with Crippen LogP contribution in [-0.2, 0) is 9.47 Å². The van der Waals surface area contributed by atoms with Gasteiger partial charge in [0.1, 0.15) is 0 Å². The van der Waals surface area contributed by atoms with Crippen LogP contribution >= 0.6 is 0 Å². The number of carbonyl (C=O) groups excluding carboxylic acids is 2. The molecule has 2 bridgehead atoms. The molecule has 4 nitrogen and oxygen atoms in total. The molecule has 0 aliphatic heterocycles. The van der Waals surface area contributed by atoms with Gasteiger partial charge in [0.15, 0.2) is 5.78 Å². The third-order valence-corrected chi connectivity index (χ3v) is 6.44. The Kier molecular flexibility index (Phi) is 11.2. The van der Waals surface area contributed by atoms with Crippen molar-refractivity contribution in [3.63, 3.8) is 0 Å². The smallest absolute Gasteiger partial charge is 0.338 e. The molecule has 0 spiro atoms. The van der Waals surface area contributed by atoms with E-state index < -0.39 is 0 Å². The first kappa shape index (κ1) is 25.4. The minimum Gasteiger partial charge on any atom is -0.462 e. The van der Waals surface area contributed by atoms with Crippen LogP contribution in [0.25, 0.3) is 0 Å². The second-order valence-electron chi connectivity index (χ2n) is 8.02. The van der Waals surface area contributed by atoms with Crippen LogP contribution in [0.2, 0.25) is 0 Å². The van der Waals surface area contributed by atoms with E-state index in [-0.39, 0.29) is 19.2 Å². The standard InChI is InChI=1S/C11H12O3.C10H16.C3H8O.CH4/c1-3-14-11(13)10-6-4-9(5-7-10)8(2)12;1-2-9-7-4-5-8(6-7)10(9)3-1;1-3-4-2;/h4-7H,3H2,1-2H3;7-10H,1-6H2;3H2,1-2H3;1H4. The number of carbonyl (C=O) groups is 2. The summed E-state index contributed by atoms with van der Waals surface area (Å²) < 4.78 is 9.35. The summed E-state index contributed by atoms with van der Waals surface area (Å²) in [6, 6.07) is 6.42. The van der Waals surface area contributed by atoms with Gasteiger partial charge in [0.25, 0.3) is 0 Å². The van der Waals surface area contributed by atoms with Gasteiger partial charge in [-0.3, -0.25) is 4.79 Å². The largest absolute Gasteiger partial charge is 0.462 e. The lowest BCUT2D eigenvalue weighted by Crippen LogP contribution is -2.15. The van der Waals surface area contributed by atoms with Crippen LogP contribution in [0.5, 0.6) is 0 Å². The van der Waals surface area contributed by atoms with Crippen molar-refractivity contribution in [2.75, 3.05) is 20.3 Å². The highest BCUT2D eigenvalue weighted by molar-refractivity contribution is 5.96. The first-order valence-corrected chi connectivity index (χ1v) is 10.8. The highest BCUT2D eigenvalue weighted by Crippen LogP contribution is 2.58. The molecule has 0 saturated heterocycles. The molecule has 3 saturated carbocycles. The Morgan fingerprint density at radius 2 is 1.38 bits per heavy atom. The van der Waals surface area contributed by atoms with Crippen LogP contribution in [0.3, 0.4) is 0 Å². The molecule has 164 valence electrons. The number of ketones is 1. The van der Waals surface area contributed by atoms with Crippen molar-refractivity contribution in [3.05, 3.63) is 35.4 Å². The second kappa shape index (κ2) is 12.8. The molecule has 0 aromatic heterocycles. The van der Waals surface area contributed by atoms with Crippen LogP contribution < -0.4 is 0 Å². The Hall–Kier alpha value is -1.68. The minimum absolute atomic E-state index is 0. The number of methoxy groups -OCH3 is 1. The fourth-order valence-corrected chi connectivity index (χ4v) is 5.07. The normalized spacial score (nSPS) is 25.5. The van der Waals surface area contributed by atoms with Gasteiger partial charge < -0.3 is 9.47 Å². The van der Waals surface area contributed by atoms with Crippen LogP contribution in [0.15, 0.2) is 24.3 Å². The Bertz CT molecular complexity index is 604. The van der Waals surface area contributed by atoms with Crippen LogP contribution in [-0.4, -0.2) is 32.1 Å². The third kappa shape index (κ3) is 6.95. The molecule has 4 rings (SSSR count). The van der Waals surface area contributed by atoms with E-state index in [4.69, 9.17) is 4.74 Å². The zero-order valence-electron chi connectivity index (χ0n) is 17.9. The summed E-state index contributed by atoms with van der Waals surface area (Å²) in [5, 5.41) is 0. The molecule has 3 aliphatic carbocycles. The van der Waals surface area contributed by atoms with Gasteiger partial charge in [0, 0.05) is 19.3 Å². The quantitative estimate of drug-likeness (QED) is 0.444. The maximum absolute atomic E-state index is 11.2. The van der Waals surface area contributed by atoms with Crippen molar-refractivity contribution in [1.82, 2.24) is 0 Å². The van der Waals surface area contributed by atoms with Crippen LogP contribution in [0, 0.1) is 23.7 Å². The summed E-state index contributed by atoms with van der Waals surface area (Å²) in [5.41, 5.74) is 1.06. The maximum atomic E-state index is 11.2. The second-order valence-corrected chi connectivity index (χ2v) is 8.02. The predicted molar refractivity (Wildman–Crippen MR) is 118 cm³/mol. The van der Waals surface area contributed by atoms with Crippen molar-refractivity contribution < 1.29 is 19.1 Å². The molecule has 4 unspecified atom stereocenters. The molecular weight excluding hydrogens is 364 g/mol. The topological polar surface area (TPSA) is 52.6 Å². The van der Waals surface area contributed by atoms with Gasteiger partial charge in [0.05, 0.1) is 12.2 Å². The summed E-state index contributed by atoms with van der Waals surface area (Å²) in [6.45, 7) is 6.37. The third-order valence-electron chi connectivity index (χ3n) is 6.44. The van der Waals surface area contributed by atoms with E-state index in [2.05, 4.69) is 4.74 Å². The Morgan fingerprint density at radius 1 is 0.897 bits per heavy atom. The van der Waals surface area contributed by atoms with Gasteiger partial charge >= 0.3 is 5.97 Å². The molecular formula is C25H40O4. The van der Waals surface area contributed by atoms with Crippen LogP contribution in [0.4, 0.5) is 0 Å². The number of fused-ring (bicyclic) bond motifs is 5. The average Bonchev–Trinajstić information content (AvgIpc) is 3.44. The van der Waals surface area contributed by atoms with Crippen LogP contribution in [0.1, 0.15) is 87.4 Å². The fraction of sp³-hybridized carbons (Fsp3) is 0.680. The molecule has 4 heteroatoms. The number of hydrogen-bond acceptors (Lipinski definition) is 4. The summed E-state index contributed by atoms with van der Waals surface area (Å²) in [6.07, 6.45) is 9.53. The van der Waals surface area contributed by atoms with Crippen molar-refractivity contribution in [3.8, 4) is 0 Å². The number of hydrogen-bond donors (Lipinski definition) is 0. The van der Waals surface area contributed by atoms with E-state index >= 15 is 0 Å². The van der Waals surface area contributed by atoms with E-state index in [1.54, 1.807) is 76.8 Å². The van der Waals surface area contributed by atoms with Crippen molar-refractivity contribution >= 4 is 11.8 Å². The Balaban J connectivity index is 0.000000244. The monoisotopic (exact) mass is 404 g/mol. The number of esters is 1. The van der Waals surface area contributed by atoms with Crippen molar-refractivity contribution in [2.45, 2.75) is 66.7 Å². The predicted octanol–water partition coefficient (Wildman–Crippen LogP) is 6.19. The number of ether oxygens (including phenoxy) is 2. The molecule has 29 heavy (non-hydrogen) atoms. The zero-order valence-corrected chi connectivity index (χ0v) is 17.9. The molecule has 1 aromatic rings. The minimum atomic E-state index is -0.359. The molecule has 0 radical (unpaired) electrons. The Morgan fingerprint density at radius 3 is 1.79 bits per heavy atom. The average molecular weight is 405 g/mol. The lowest BCUT2D eigenvalue weighted by Gasteiger charge is -2.23. The lowest BCUT2D eigenvalue weighted by molar-refractivity contribution is 0.0526. The first-order chi connectivity index (χ1) is 13.5. The van der Waals surface area contributed by atoms with Gasteiger partial charge in [-0.2, -0.15) is 0 Å². The van der Waals surface area contributed by atoms with Gasteiger partial charge in [-0.15, -0.1) is 0 Å². The van der Waals surface area contributed by atoms with E-state index in [1.165, 1.54) is 30.6 Å². The SMILES string of the molecule is C.C1CC2C3CCC(C3)C2C1.CCOC.CCOC(=O)c1ccc(C(C)=O)cc1. The summed E-state index contributed by atoms with van der Waals surface area (Å²) in [7, 11) is 1.68. The van der Waals surface area contributed by atoms with Gasteiger partial charge in [-0.1, -0.05) is 26.0 Å². The number of benzene rings is 1. The summed E-state index contributed by atoms with van der Waals surface area (Å²) in [4.78, 5) is 22.2. The highest BCUT2D eigenvalue weighted by atomic mass is 16.5. The van der Waals surface area contributed by atoms with Gasteiger partial charge in [0.2, 0.25) is 0 Å². The van der Waals surface area contributed by atoms with Crippen molar-refractivity contribution in [1.29, 1.82) is 0 Å². The van der Waals surface area contributed by atoms with Gasteiger partial charge in [-0.05, 0) is 88.7 Å². The zero-order chi connectivity index (χ0) is 20.5. The molecule has 0 amide bonds. The first-order valence-electron chi connectivity index (χ1n) is 10.8. The Labute approximate surface area is 177 Å². The molecule has 0 heterocycles.